The van der Waals surface area contributed by atoms with Crippen LogP contribution in [-0.2, 0) is 21.7 Å². The Morgan fingerprint density at radius 1 is 1.24 bits per heavy atom. The number of hydrogen-bond donors (Lipinski definition) is 1. The first kappa shape index (κ1) is 24.3. The molecule has 188 valence electrons. The number of nitro benzene ring substituents is 1. The smallest absolute Gasteiger partial charge is 0.269 e. The van der Waals surface area contributed by atoms with Crippen LogP contribution in [0.1, 0.15) is 22.8 Å². The molecule has 3 aliphatic heterocycles. The van der Waals surface area contributed by atoms with Gasteiger partial charge in [-0.2, -0.15) is 0 Å². The average Bonchev–Trinajstić information content (AvgIpc) is 3.60. The number of nitrogens with one attached hydrogen (secondary N) is 1. The lowest BCUT2D eigenvalue weighted by atomic mass is 9.72. The maximum Gasteiger partial charge on any atom is 0.269 e. The van der Waals surface area contributed by atoms with Gasteiger partial charge in [-0.05, 0) is 42.9 Å². The van der Waals surface area contributed by atoms with Gasteiger partial charge in [-0.1, -0.05) is 52.0 Å². The Morgan fingerprint density at radius 3 is 2.78 bits per heavy atom. The zero-order valence-electron chi connectivity index (χ0n) is 19.3. The van der Waals surface area contributed by atoms with E-state index in [4.69, 9.17) is 16.6 Å². The van der Waals surface area contributed by atoms with E-state index >= 15 is 0 Å². The molecule has 2 saturated heterocycles. The average molecular weight is 599 g/mol. The third kappa shape index (κ3) is 3.22. The summed E-state index contributed by atoms with van der Waals surface area (Å²) in [5, 5.41) is 14.6. The van der Waals surface area contributed by atoms with Gasteiger partial charge in [0.05, 0.1) is 17.7 Å². The molecule has 3 atom stereocenters. The Morgan fingerprint density at radius 2 is 2.05 bits per heavy atom. The van der Waals surface area contributed by atoms with E-state index in [-0.39, 0.29) is 24.0 Å². The first-order chi connectivity index (χ1) is 17.7. The summed E-state index contributed by atoms with van der Waals surface area (Å²) in [7, 11) is 1.81. The molecule has 3 unspecified atom stereocenters. The van der Waals surface area contributed by atoms with Crippen molar-refractivity contribution >= 4 is 67.4 Å². The Bertz CT molecular complexity index is 1500. The van der Waals surface area contributed by atoms with Crippen molar-refractivity contribution in [3.63, 3.8) is 0 Å². The predicted octanol–water partition coefficient (Wildman–Crippen LogP) is 4.63. The van der Waals surface area contributed by atoms with Gasteiger partial charge in [0.1, 0.15) is 14.8 Å². The van der Waals surface area contributed by atoms with Gasteiger partial charge in [-0.3, -0.25) is 29.5 Å². The molecule has 0 bridgehead atoms. The largest absolute Gasteiger partial charge is 0.467 e. The molecular formula is C25H19BrN4O5S2. The van der Waals surface area contributed by atoms with Crippen LogP contribution in [0.15, 0.2) is 69.8 Å². The molecule has 1 aromatic heterocycles. The fourth-order valence-corrected chi connectivity index (χ4v) is 8.43. The second-order valence-electron chi connectivity index (χ2n) is 9.21. The Labute approximate surface area is 229 Å². The van der Waals surface area contributed by atoms with E-state index in [1.165, 1.54) is 35.1 Å². The molecule has 9 nitrogen and oxygen atoms in total. The second-order valence-corrected chi connectivity index (χ2v) is 12.0. The lowest BCUT2D eigenvalue weighted by molar-refractivity contribution is -0.384. The number of furan rings is 1. The van der Waals surface area contributed by atoms with E-state index in [9.17, 15) is 19.7 Å². The van der Waals surface area contributed by atoms with Crippen LogP contribution in [0.25, 0.3) is 0 Å². The van der Waals surface area contributed by atoms with Gasteiger partial charge in [-0.25, -0.2) is 0 Å². The molecule has 6 rings (SSSR count). The van der Waals surface area contributed by atoms with Crippen LogP contribution in [0.5, 0.6) is 0 Å². The fourth-order valence-electron chi connectivity index (χ4n) is 5.94. The van der Waals surface area contributed by atoms with Crippen molar-refractivity contribution in [1.29, 1.82) is 0 Å². The predicted molar refractivity (Wildman–Crippen MR) is 145 cm³/mol. The third-order valence-corrected chi connectivity index (χ3v) is 9.85. The summed E-state index contributed by atoms with van der Waals surface area (Å²) in [6, 6.07) is 15.3. The standard InChI is InChI=1S/C25H19BrN4O5S2/c1-28-13-19(14-4-2-5-16(10-14)30(33)34)25(22(32)29(23(36)37-25)12-17-6-3-9-35-17)24(28)18-11-15(26)7-8-20(18)27-21(24)31/h2-11,19H,12-13H2,1H3,(H,27,31). The molecule has 0 aliphatic carbocycles. The highest BCUT2D eigenvalue weighted by Gasteiger charge is 2.77. The molecule has 2 fully saturated rings. The summed E-state index contributed by atoms with van der Waals surface area (Å²) in [5.41, 5.74) is 0.373. The van der Waals surface area contributed by atoms with Gasteiger partial charge in [0, 0.05) is 40.3 Å². The number of hydrogen-bond acceptors (Lipinski definition) is 8. The fraction of sp³-hybridized carbons (Fsp3) is 0.240. The number of likely N-dealkylation sites (tertiary alicyclic amines) is 1. The lowest BCUT2D eigenvalue weighted by Gasteiger charge is -2.41. The zero-order valence-corrected chi connectivity index (χ0v) is 22.6. The SMILES string of the molecule is CN1CC(c2cccc([N+](=O)[O-])c2)C2(SC(=S)N(Cc3ccco3)C2=O)C12C(=O)Nc1ccc(Br)cc12. The van der Waals surface area contributed by atoms with Crippen molar-refractivity contribution in [2.24, 2.45) is 0 Å². The molecular weight excluding hydrogens is 580 g/mol. The van der Waals surface area contributed by atoms with Gasteiger partial charge in [0.15, 0.2) is 5.54 Å². The molecule has 1 N–H and O–H groups in total. The number of non-ortho nitro benzene ring substituents is 1. The number of likely N-dealkylation sites (N-methyl/N-ethyl adjacent to an activating group) is 1. The number of halogens is 1. The summed E-state index contributed by atoms with van der Waals surface area (Å²) < 4.78 is 5.16. The molecule has 3 aromatic rings. The quantitative estimate of drug-likeness (QED) is 0.263. The lowest BCUT2D eigenvalue weighted by Crippen LogP contribution is -2.61. The van der Waals surface area contributed by atoms with E-state index in [0.29, 0.717) is 33.4 Å². The van der Waals surface area contributed by atoms with Gasteiger partial charge in [0.2, 0.25) is 5.91 Å². The number of amides is 2. The van der Waals surface area contributed by atoms with E-state index in [0.717, 1.165) is 4.47 Å². The molecule has 4 heterocycles. The highest BCUT2D eigenvalue weighted by molar-refractivity contribution is 9.10. The maximum atomic E-state index is 14.6. The number of fused-ring (bicyclic) bond motifs is 3. The minimum absolute atomic E-state index is 0.0827. The molecule has 2 spiro atoms. The Kier molecular flexibility index (Phi) is 5.57. The summed E-state index contributed by atoms with van der Waals surface area (Å²) >= 11 is 10.5. The third-order valence-electron chi connectivity index (χ3n) is 7.41. The van der Waals surface area contributed by atoms with Gasteiger partial charge in [0.25, 0.3) is 11.6 Å². The van der Waals surface area contributed by atoms with E-state index < -0.39 is 21.1 Å². The normalized spacial score (nSPS) is 26.9. The minimum Gasteiger partial charge on any atom is -0.467 e. The maximum absolute atomic E-state index is 14.6. The number of carbonyl (C=O) groups is 2. The molecule has 3 aliphatic rings. The first-order valence-corrected chi connectivity index (χ1v) is 13.4. The van der Waals surface area contributed by atoms with Crippen molar-refractivity contribution in [2.45, 2.75) is 22.7 Å². The van der Waals surface area contributed by atoms with Crippen LogP contribution < -0.4 is 5.32 Å². The Balaban J connectivity index is 1.60. The number of anilines is 1. The van der Waals surface area contributed by atoms with Crippen LogP contribution in [0.3, 0.4) is 0 Å². The summed E-state index contributed by atoms with van der Waals surface area (Å²) in [6.07, 6.45) is 1.52. The number of carbonyl (C=O) groups excluding carboxylic acids is 2. The van der Waals surface area contributed by atoms with Crippen molar-refractivity contribution in [3.05, 3.63) is 92.3 Å². The highest BCUT2D eigenvalue weighted by atomic mass is 79.9. The van der Waals surface area contributed by atoms with Crippen molar-refractivity contribution in [2.75, 3.05) is 18.9 Å². The van der Waals surface area contributed by atoms with Crippen LogP contribution in [0, 0.1) is 10.1 Å². The molecule has 37 heavy (non-hydrogen) atoms. The van der Waals surface area contributed by atoms with Crippen LogP contribution >= 0.6 is 39.9 Å². The molecule has 12 heteroatoms. The topological polar surface area (TPSA) is 109 Å². The second kappa shape index (κ2) is 8.48. The van der Waals surface area contributed by atoms with Crippen molar-refractivity contribution in [3.8, 4) is 0 Å². The van der Waals surface area contributed by atoms with Crippen LogP contribution in [-0.4, -0.2) is 49.2 Å². The molecule has 2 aromatic carbocycles. The molecule has 0 saturated carbocycles. The van der Waals surface area contributed by atoms with E-state index in [1.807, 2.05) is 17.0 Å². The van der Waals surface area contributed by atoms with Crippen LogP contribution in [0.2, 0.25) is 0 Å². The summed E-state index contributed by atoms with van der Waals surface area (Å²) in [5.74, 6) is -0.688. The zero-order chi connectivity index (χ0) is 26.1. The number of rotatable bonds is 4. The van der Waals surface area contributed by atoms with Crippen LogP contribution in [0.4, 0.5) is 11.4 Å². The van der Waals surface area contributed by atoms with Crippen molar-refractivity contribution in [1.82, 2.24) is 9.80 Å². The number of benzene rings is 2. The Hall–Kier alpha value is -3.06. The number of nitro groups is 1. The summed E-state index contributed by atoms with van der Waals surface area (Å²) in [6.45, 7) is 0.421. The first-order valence-electron chi connectivity index (χ1n) is 11.3. The van der Waals surface area contributed by atoms with Crippen molar-refractivity contribution < 1.29 is 18.9 Å². The minimum atomic E-state index is -1.42. The van der Waals surface area contributed by atoms with Gasteiger partial charge >= 0.3 is 0 Å². The molecule has 2 amide bonds. The number of nitrogens with zero attached hydrogens (tertiary/aromatic N) is 3. The van der Waals surface area contributed by atoms with Gasteiger partial charge < -0.3 is 9.73 Å². The van der Waals surface area contributed by atoms with Gasteiger partial charge in [-0.15, -0.1) is 0 Å². The van der Waals surface area contributed by atoms with E-state index in [2.05, 4.69) is 21.2 Å². The number of thiocarbonyl (C=S) groups is 1. The highest BCUT2D eigenvalue weighted by Crippen LogP contribution is 2.66. The number of thioether (sulfide) groups is 1. The molecule has 0 radical (unpaired) electrons. The summed E-state index contributed by atoms with van der Waals surface area (Å²) in [4.78, 5) is 43.2. The van der Waals surface area contributed by atoms with E-state index in [1.54, 1.807) is 37.4 Å². The monoisotopic (exact) mass is 598 g/mol.